The van der Waals surface area contributed by atoms with Crippen LogP contribution in [0.1, 0.15) is 15.2 Å². The van der Waals surface area contributed by atoms with Gasteiger partial charge in [0.25, 0.3) is 5.91 Å². The molecule has 3 aromatic rings. The first-order valence-electron chi connectivity index (χ1n) is 7.91. The number of aromatic nitrogens is 1. The second kappa shape index (κ2) is 6.52. The Morgan fingerprint density at radius 1 is 1.28 bits per heavy atom. The summed E-state index contributed by atoms with van der Waals surface area (Å²) in [6.07, 6.45) is 3.41. The Labute approximate surface area is 148 Å². The summed E-state index contributed by atoms with van der Waals surface area (Å²) in [5.41, 5.74) is 1.04. The zero-order valence-electron chi connectivity index (χ0n) is 13.6. The SMILES string of the molecule is CNC(=O)c1cc2c(Oc3ccc(C4=NCCN4)cc3)cncc2s1. The highest BCUT2D eigenvalue weighted by molar-refractivity contribution is 7.20. The van der Waals surface area contributed by atoms with E-state index >= 15 is 0 Å². The third-order valence-corrected chi connectivity index (χ3v) is 4.96. The van der Waals surface area contributed by atoms with Crippen molar-refractivity contribution in [1.29, 1.82) is 0 Å². The van der Waals surface area contributed by atoms with E-state index in [4.69, 9.17) is 4.74 Å². The molecule has 3 heterocycles. The lowest BCUT2D eigenvalue weighted by molar-refractivity contribution is 0.0967. The lowest BCUT2D eigenvalue weighted by Gasteiger charge is -2.08. The zero-order chi connectivity index (χ0) is 17.2. The summed E-state index contributed by atoms with van der Waals surface area (Å²) < 4.78 is 6.90. The van der Waals surface area contributed by atoms with Crippen LogP contribution in [-0.4, -0.2) is 36.9 Å². The molecule has 0 fully saturated rings. The van der Waals surface area contributed by atoms with Crippen molar-refractivity contribution in [3.05, 3.63) is 53.2 Å². The van der Waals surface area contributed by atoms with Crippen LogP contribution in [0.15, 0.2) is 47.7 Å². The molecule has 0 radical (unpaired) electrons. The summed E-state index contributed by atoms with van der Waals surface area (Å²) in [7, 11) is 1.62. The number of amides is 1. The third-order valence-electron chi connectivity index (χ3n) is 3.89. The molecule has 0 spiro atoms. The molecule has 0 bridgehead atoms. The van der Waals surface area contributed by atoms with Crippen molar-refractivity contribution in [1.82, 2.24) is 15.6 Å². The van der Waals surface area contributed by atoms with Gasteiger partial charge in [-0.2, -0.15) is 0 Å². The number of hydrogen-bond donors (Lipinski definition) is 2. The summed E-state index contributed by atoms with van der Waals surface area (Å²) in [5, 5.41) is 6.76. The van der Waals surface area contributed by atoms with Gasteiger partial charge in [-0.3, -0.25) is 14.8 Å². The molecule has 1 amide bonds. The quantitative estimate of drug-likeness (QED) is 0.757. The maximum Gasteiger partial charge on any atom is 0.261 e. The molecule has 0 atom stereocenters. The van der Waals surface area contributed by atoms with Crippen molar-refractivity contribution >= 4 is 33.2 Å². The van der Waals surface area contributed by atoms with Crippen molar-refractivity contribution in [3.63, 3.8) is 0 Å². The molecular formula is C18H16N4O2S. The van der Waals surface area contributed by atoms with Crippen molar-refractivity contribution in [2.75, 3.05) is 20.1 Å². The Morgan fingerprint density at radius 2 is 2.12 bits per heavy atom. The molecule has 0 unspecified atom stereocenters. The van der Waals surface area contributed by atoms with Gasteiger partial charge in [-0.15, -0.1) is 11.3 Å². The second-order valence-electron chi connectivity index (χ2n) is 5.52. The van der Waals surface area contributed by atoms with Crippen molar-refractivity contribution < 1.29 is 9.53 Å². The summed E-state index contributed by atoms with van der Waals surface area (Å²) in [6.45, 7) is 1.69. The van der Waals surface area contributed by atoms with Gasteiger partial charge in [0.2, 0.25) is 0 Å². The van der Waals surface area contributed by atoms with Gasteiger partial charge in [-0.1, -0.05) is 0 Å². The normalized spacial score (nSPS) is 13.4. The number of thiophene rings is 1. The molecule has 0 saturated carbocycles. The van der Waals surface area contributed by atoms with E-state index in [2.05, 4.69) is 20.6 Å². The van der Waals surface area contributed by atoms with E-state index in [0.717, 1.165) is 34.6 Å². The maximum absolute atomic E-state index is 11.8. The molecule has 0 aliphatic carbocycles. The van der Waals surface area contributed by atoms with Gasteiger partial charge < -0.3 is 15.4 Å². The van der Waals surface area contributed by atoms with Crippen LogP contribution in [0.25, 0.3) is 10.1 Å². The Hall–Kier alpha value is -2.93. The lowest BCUT2D eigenvalue weighted by atomic mass is 10.2. The van der Waals surface area contributed by atoms with E-state index in [1.165, 1.54) is 11.3 Å². The van der Waals surface area contributed by atoms with E-state index in [9.17, 15) is 4.79 Å². The number of aliphatic imine (C=N–C) groups is 1. The standard InChI is InChI=1S/C18H16N4O2S/c1-19-18(23)15-8-13-14(9-20-10-16(13)25-15)24-12-4-2-11(3-5-12)17-21-6-7-22-17/h2-5,8-10H,6-7H2,1H3,(H,19,23)(H,21,22). The Morgan fingerprint density at radius 3 is 2.84 bits per heavy atom. The minimum atomic E-state index is -0.110. The molecule has 25 heavy (non-hydrogen) atoms. The summed E-state index contributed by atoms with van der Waals surface area (Å²) in [4.78, 5) is 21.1. The van der Waals surface area contributed by atoms with Gasteiger partial charge in [-0.25, -0.2) is 0 Å². The molecule has 4 rings (SSSR count). The van der Waals surface area contributed by atoms with Crippen LogP contribution in [0.5, 0.6) is 11.5 Å². The number of ether oxygens (including phenoxy) is 1. The van der Waals surface area contributed by atoms with Crippen molar-refractivity contribution in [2.24, 2.45) is 4.99 Å². The molecule has 1 aliphatic heterocycles. The van der Waals surface area contributed by atoms with Gasteiger partial charge >= 0.3 is 0 Å². The monoisotopic (exact) mass is 352 g/mol. The number of carbonyl (C=O) groups is 1. The minimum absolute atomic E-state index is 0.110. The Bertz CT molecular complexity index is 963. The second-order valence-corrected chi connectivity index (χ2v) is 6.61. The number of rotatable bonds is 4. The van der Waals surface area contributed by atoms with Gasteiger partial charge in [-0.05, 0) is 30.3 Å². The van der Waals surface area contributed by atoms with E-state index in [1.54, 1.807) is 19.4 Å². The predicted molar refractivity (Wildman–Crippen MR) is 98.9 cm³/mol. The smallest absolute Gasteiger partial charge is 0.261 e. The highest BCUT2D eigenvalue weighted by atomic mass is 32.1. The highest BCUT2D eigenvalue weighted by Gasteiger charge is 2.13. The number of nitrogens with one attached hydrogen (secondary N) is 2. The predicted octanol–water partition coefficient (Wildman–Crippen LogP) is 2.80. The molecule has 7 heteroatoms. The number of carbonyl (C=O) groups excluding carboxylic acids is 1. The van der Waals surface area contributed by atoms with Gasteiger partial charge in [0.05, 0.1) is 22.3 Å². The van der Waals surface area contributed by atoms with E-state index in [1.807, 2.05) is 30.3 Å². The van der Waals surface area contributed by atoms with Crippen LogP contribution < -0.4 is 15.4 Å². The minimum Gasteiger partial charge on any atom is -0.455 e. The maximum atomic E-state index is 11.8. The topological polar surface area (TPSA) is 75.6 Å². The molecule has 126 valence electrons. The zero-order valence-corrected chi connectivity index (χ0v) is 14.4. The molecular weight excluding hydrogens is 336 g/mol. The molecule has 1 aromatic carbocycles. The molecule has 6 nitrogen and oxygen atoms in total. The van der Waals surface area contributed by atoms with E-state index in [0.29, 0.717) is 16.4 Å². The fourth-order valence-corrected chi connectivity index (χ4v) is 3.64. The molecule has 1 aliphatic rings. The van der Waals surface area contributed by atoms with Crippen LogP contribution in [0.3, 0.4) is 0 Å². The Balaban J connectivity index is 1.61. The largest absolute Gasteiger partial charge is 0.455 e. The summed E-state index contributed by atoms with van der Waals surface area (Å²) in [5.74, 6) is 2.15. The first-order chi connectivity index (χ1) is 12.2. The van der Waals surface area contributed by atoms with Crippen LogP contribution in [0.2, 0.25) is 0 Å². The highest BCUT2D eigenvalue weighted by Crippen LogP contribution is 2.34. The van der Waals surface area contributed by atoms with Gasteiger partial charge in [0, 0.05) is 30.7 Å². The van der Waals surface area contributed by atoms with Crippen LogP contribution in [-0.2, 0) is 0 Å². The van der Waals surface area contributed by atoms with Crippen molar-refractivity contribution in [2.45, 2.75) is 0 Å². The average molecular weight is 352 g/mol. The number of fused-ring (bicyclic) bond motifs is 1. The fraction of sp³-hybridized carbons (Fsp3) is 0.167. The van der Waals surface area contributed by atoms with Gasteiger partial charge in [0.15, 0.2) is 5.75 Å². The molecule has 0 saturated heterocycles. The van der Waals surface area contributed by atoms with E-state index < -0.39 is 0 Å². The molecule has 2 N–H and O–H groups in total. The first kappa shape index (κ1) is 15.6. The third kappa shape index (κ3) is 3.06. The Kier molecular flexibility index (Phi) is 4.07. The number of amidine groups is 1. The summed E-state index contributed by atoms with van der Waals surface area (Å²) >= 11 is 1.40. The van der Waals surface area contributed by atoms with E-state index in [-0.39, 0.29) is 5.91 Å². The number of benzene rings is 1. The van der Waals surface area contributed by atoms with Crippen LogP contribution >= 0.6 is 11.3 Å². The number of nitrogens with zero attached hydrogens (tertiary/aromatic N) is 2. The fourth-order valence-electron chi connectivity index (χ4n) is 2.65. The first-order valence-corrected chi connectivity index (χ1v) is 8.72. The summed E-state index contributed by atoms with van der Waals surface area (Å²) in [6, 6.07) is 9.60. The van der Waals surface area contributed by atoms with Crippen LogP contribution in [0.4, 0.5) is 0 Å². The number of hydrogen-bond acceptors (Lipinski definition) is 6. The number of pyridine rings is 1. The van der Waals surface area contributed by atoms with Crippen LogP contribution in [0, 0.1) is 0 Å². The lowest BCUT2D eigenvalue weighted by Crippen LogP contribution is -2.19. The van der Waals surface area contributed by atoms with Crippen molar-refractivity contribution in [3.8, 4) is 11.5 Å². The average Bonchev–Trinajstić information content (AvgIpc) is 3.32. The molecule has 2 aromatic heterocycles. The van der Waals surface area contributed by atoms with Gasteiger partial charge in [0.1, 0.15) is 11.6 Å².